The number of sulfone groups is 2. The van der Waals surface area contributed by atoms with E-state index in [0.717, 1.165) is 25.5 Å². The summed E-state index contributed by atoms with van der Waals surface area (Å²) in [4.78, 5) is -0.704. The van der Waals surface area contributed by atoms with Crippen LogP contribution in [0.3, 0.4) is 0 Å². The molecule has 1 fully saturated rings. The lowest BCUT2D eigenvalue weighted by atomic mass is 10.0. The lowest BCUT2D eigenvalue weighted by molar-refractivity contribution is 0.397. The van der Waals surface area contributed by atoms with Gasteiger partial charge < -0.3 is 4.74 Å². The van der Waals surface area contributed by atoms with Crippen molar-refractivity contribution in [2.24, 2.45) is 0 Å². The van der Waals surface area contributed by atoms with E-state index >= 15 is 0 Å². The number of methoxy groups -OCH3 is 1. The minimum absolute atomic E-state index is 0.00393. The molecule has 8 nitrogen and oxygen atoms in total. The van der Waals surface area contributed by atoms with E-state index in [1.54, 1.807) is 6.92 Å². The van der Waals surface area contributed by atoms with Gasteiger partial charge in [0, 0.05) is 6.04 Å². The predicted octanol–water partition coefficient (Wildman–Crippen LogP) is 3.24. The molecule has 0 aliphatic heterocycles. The summed E-state index contributed by atoms with van der Waals surface area (Å²) in [7, 11) is -10.3. The number of rotatable bonds is 8. The zero-order chi connectivity index (χ0) is 24.4. The summed E-state index contributed by atoms with van der Waals surface area (Å²) in [6.45, 7) is 1.64. The molecule has 1 N–H and O–H groups in total. The van der Waals surface area contributed by atoms with Gasteiger partial charge in [0.05, 0.1) is 28.4 Å². The molecule has 182 valence electrons. The first kappa shape index (κ1) is 25.7. The average molecular weight is 516 g/mol. The second kappa shape index (κ2) is 9.73. The monoisotopic (exact) mass is 515 g/mol. The van der Waals surface area contributed by atoms with E-state index in [0.29, 0.717) is 18.4 Å². The van der Waals surface area contributed by atoms with E-state index in [2.05, 4.69) is 4.72 Å². The van der Waals surface area contributed by atoms with Crippen LogP contribution >= 0.6 is 0 Å². The summed E-state index contributed by atoms with van der Waals surface area (Å²) in [6, 6.07) is 9.35. The van der Waals surface area contributed by atoms with Crippen molar-refractivity contribution < 1.29 is 30.0 Å². The lowest BCUT2D eigenvalue weighted by Gasteiger charge is -2.24. The van der Waals surface area contributed by atoms with Crippen molar-refractivity contribution in [3.05, 3.63) is 48.0 Å². The summed E-state index contributed by atoms with van der Waals surface area (Å²) >= 11 is 0. The van der Waals surface area contributed by atoms with Crippen molar-refractivity contribution in [1.82, 2.24) is 4.72 Å². The standard InChI is InChI=1S/C22H29NO7S3/c1-16(23-31(3,24)25)17-12-14-19(15-13-17)32(26,27)21-11-7-10-20(30-2)22(21)33(28,29)18-8-5-4-6-9-18/h7,10-16,18,23H,4-6,8-9H2,1-3H3/t16-/m0/s1. The van der Waals surface area contributed by atoms with Gasteiger partial charge in [0.2, 0.25) is 19.9 Å². The number of hydrogen-bond donors (Lipinski definition) is 1. The first-order chi connectivity index (χ1) is 15.4. The zero-order valence-corrected chi connectivity index (χ0v) is 21.3. The maximum atomic E-state index is 13.5. The number of nitrogens with one attached hydrogen (secondary N) is 1. The molecule has 0 spiro atoms. The van der Waals surface area contributed by atoms with Gasteiger partial charge >= 0.3 is 0 Å². The van der Waals surface area contributed by atoms with Crippen LogP contribution in [0.5, 0.6) is 5.75 Å². The third kappa shape index (κ3) is 5.59. The van der Waals surface area contributed by atoms with Gasteiger partial charge in [0.25, 0.3) is 0 Å². The van der Waals surface area contributed by atoms with E-state index in [-0.39, 0.29) is 20.4 Å². The van der Waals surface area contributed by atoms with Gasteiger partial charge in [0.1, 0.15) is 10.6 Å². The van der Waals surface area contributed by atoms with Crippen LogP contribution in [0.2, 0.25) is 0 Å². The first-order valence-corrected chi connectivity index (χ1v) is 15.5. The molecular formula is C22H29NO7S3. The van der Waals surface area contributed by atoms with Crippen molar-refractivity contribution in [3.63, 3.8) is 0 Å². The molecule has 0 bridgehead atoms. The molecule has 2 aromatic rings. The van der Waals surface area contributed by atoms with Crippen molar-refractivity contribution in [3.8, 4) is 5.75 Å². The Labute approximate surface area is 196 Å². The molecule has 1 aliphatic rings. The van der Waals surface area contributed by atoms with E-state index in [4.69, 9.17) is 4.74 Å². The maximum Gasteiger partial charge on any atom is 0.209 e. The second-order valence-corrected chi connectivity index (χ2v) is 14.1. The fourth-order valence-corrected chi connectivity index (χ4v) is 9.02. The Kier molecular flexibility index (Phi) is 7.57. The minimum Gasteiger partial charge on any atom is -0.495 e. The van der Waals surface area contributed by atoms with E-state index in [1.165, 1.54) is 49.6 Å². The molecule has 0 heterocycles. The van der Waals surface area contributed by atoms with Crippen LogP contribution in [0.25, 0.3) is 0 Å². The third-order valence-corrected chi connectivity index (χ3v) is 10.9. The molecule has 0 unspecified atom stereocenters. The van der Waals surface area contributed by atoms with Crippen LogP contribution < -0.4 is 9.46 Å². The lowest BCUT2D eigenvalue weighted by Crippen LogP contribution is -2.26. The number of ether oxygens (including phenoxy) is 1. The fraction of sp³-hybridized carbons (Fsp3) is 0.455. The van der Waals surface area contributed by atoms with Gasteiger partial charge in [0.15, 0.2) is 9.84 Å². The van der Waals surface area contributed by atoms with E-state index in [1.807, 2.05) is 0 Å². The predicted molar refractivity (Wildman–Crippen MR) is 125 cm³/mol. The Morgan fingerprint density at radius 1 is 0.909 bits per heavy atom. The molecule has 11 heteroatoms. The SMILES string of the molecule is COc1cccc(S(=O)(=O)c2ccc([C@H](C)NS(C)(=O)=O)cc2)c1S(=O)(=O)C1CCCCC1. The van der Waals surface area contributed by atoms with Crippen LogP contribution in [0.15, 0.2) is 57.2 Å². The highest BCUT2D eigenvalue weighted by molar-refractivity contribution is 7.95. The Balaban J connectivity index is 2.07. The van der Waals surface area contributed by atoms with Crippen molar-refractivity contribution in [1.29, 1.82) is 0 Å². The Hall–Kier alpha value is -1.95. The molecule has 0 aromatic heterocycles. The largest absolute Gasteiger partial charge is 0.495 e. The molecule has 0 saturated heterocycles. The van der Waals surface area contributed by atoms with Gasteiger partial charge in [-0.25, -0.2) is 30.0 Å². The summed E-state index contributed by atoms with van der Waals surface area (Å²) in [5, 5.41) is -0.651. The van der Waals surface area contributed by atoms with Gasteiger partial charge in [-0.05, 0) is 49.6 Å². The van der Waals surface area contributed by atoms with Crippen LogP contribution in [0.1, 0.15) is 50.6 Å². The maximum absolute atomic E-state index is 13.5. The van der Waals surface area contributed by atoms with Crippen LogP contribution in [0, 0.1) is 0 Å². The van der Waals surface area contributed by atoms with Gasteiger partial charge in [-0.2, -0.15) is 0 Å². The minimum atomic E-state index is -4.20. The van der Waals surface area contributed by atoms with Gasteiger partial charge in [-0.15, -0.1) is 0 Å². The van der Waals surface area contributed by atoms with Crippen molar-refractivity contribution >= 4 is 29.7 Å². The highest BCUT2D eigenvalue weighted by Gasteiger charge is 2.37. The van der Waals surface area contributed by atoms with Crippen molar-refractivity contribution in [2.45, 2.75) is 65.0 Å². The number of benzene rings is 2. The Morgan fingerprint density at radius 3 is 2.06 bits per heavy atom. The highest BCUT2D eigenvalue weighted by atomic mass is 32.2. The number of hydrogen-bond acceptors (Lipinski definition) is 7. The zero-order valence-electron chi connectivity index (χ0n) is 18.8. The molecular weight excluding hydrogens is 486 g/mol. The average Bonchev–Trinajstić information content (AvgIpc) is 2.78. The number of sulfonamides is 1. The molecule has 3 rings (SSSR count). The molecule has 2 aromatic carbocycles. The van der Waals surface area contributed by atoms with E-state index in [9.17, 15) is 25.3 Å². The first-order valence-electron chi connectivity index (χ1n) is 10.6. The van der Waals surface area contributed by atoms with Crippen LogP contribution in [-0.2, 0) is 29.7 Å². The van der Waals surface area contributed by atoms with Crippen LogP contribution in [0.4, 0.5) is 0 Å². The Morgan fingerprint density at radius 2 is 1.52 bits per heavy atom. The van der Waals surface area contributed by atoms with E-state index < -0.39 is 41.0 Å². The second-order valence-electron chi connectivity index (χ2n) is 8.28. The quantitative estimate of drug-likeness (QED) is 0.572. The third-order valence-electron chi connectivity index (χ3n) is 5.81. The fourth-order valence-electron chi connectivity index (χ4n) is 4.14. The summed E-state index contributed by atoms with van der Waals surface area (Å²) in [5.74, 6) is 0.00393. The topological polar surface area (TPSA) is 124 Å². The molecule has 1 aliphatic carbocycles. The molecule has 1 atom stereocenters. The summed E-state index contributed by atoms with van der Waals surface area (Å²) in [5.41, 5.74) is 0.570. The van der Waals surface area contributed by atoms with Gasteiger partial charge in [-0.3, -0.25) is 0 Å². The van der Waals surface area contributed by atoms with Crippen molar-refractivity contribution in [2.75, 3.05) is 13.4 Å². The highest BCUT2D eigenvalue weighted by Crippen LogP contribution is 2.39. The smallest absolute Gasteiger partial charge is 0.209 e. The summed E-state index contributed by atoms with van der Waals surface area (Å²) in [6.07, 6.45) is 4.53. The molecule has 0 amide bonds. The van der Waals surface area contributed by atoms with Gasteiger partial charge in [-0.1, -0.05) is 37.5 Å². The molecule has 33 heavy (non-hydrogen) atoms. The Bertz CT molecular complexity index is 1310. The van der Waals surface area contributed by atoms with Crippen LogP contribution in [-0.4, -0.2) is 43.9 Å². The molecule has 1 saturated carbocycles. The molecule has 0 radical (unpaired) electrons. The normalized spacial score (nSPS) is 16.9. The summed E-state index contributed by atoms with van der Waals surface area (Å²) < 4.78 is 84.8.